The molecule has 0 amide bonds. The highest BCUT2D eigenvalue weighted by Gasteiger charge is 2.43. The first kappa shape index (κ1) is 16.2. The Kier molecular flexibility index (Phi) is 4.51. The molecule has 1 aliphatic heterocycles. The van der Waals surface area contributed by atoms with E-state index in [9.17, 15) is 0 Å². The fourth-order valence-electron chi connectivity index (χ4n) is 4.66. The van der Waals surface area contributed by atoms with E-state index in [4.69, 9.17) is 5.73 Å². The number of benzene rings is 2. The van der Waals surface area contributed by atoms with Gasteiger partial charge in [0.1, 0.15) is 0 Å². The van der Waals surface area contributed by atoms with E-state index in [1.54, 1.807) is 0 Å². The maximum atomic E-state index is 6.05. The normalized spacial score (nSPS) is 25.8. The number of piperidine rings is 1. The van der Waals surface area contributed by atoms with Gasteiger partial charge < -0.3 is 5.73 Å². The van der Waals surface area contributed by atoms with Gasteiger partial charge in [-0.15, -0.1) is 0 Å². The molecule has 2 unspecified atom stereocenters. The molecule has 0 radical (unpaired) electrons. The molecule has 2 atom stereocenters. The predicted octanol–water partition coefficient (Wildman–Crippen LogP) is 4.21. The number of anilines is 1. The second kappa shape index (κ2) is 6.94. The summed E-state index contributed by atoms with van der Waals surface area (Å²) >= 11 is 0. The van der Waals surface area contributed by atoms with Gasteiger partial charge in [-0.2, -0.15) is 0 Å². The van der Waals surface area contributed by atoms with E-state index in [2.05, 4.69) is 47.1 Å². The van der Waals surface area contributed by atoms with Crippen LogP contribution in [0.2, 0.25) is 0 Å². The SMILES string of the molecule is Nc1cccc(C23CCCC(C2)N(CC#Cc2ccccc2)CC3)c1. The Morgan fingerprint density at radius 2 is 1.96 bits per heavy atom. The number of hydrogen-bond donors (Lipinski definition) is 1. The fourth-order valence-corrected chi connectivity index (χ4v) is 4.66. The van der Waals surface area contributed by atoms with E-state index in [-0.39, 0.29) is 0 Å². The molecular formula is C23H26N2. The zero-order valence-corrected chi connectivity index (χ0v) is 14.7. The Hall–Kier alpha value is -2.24. The largest absolute Gasteiger partial charge is 0.399 e. The van der Waals surface area contributed by atoms with E-state index < -0.39 is 0 Å². The van der Waals surface area contributed by atoms with Gasteiger partial charge in [0, 0.05) is 23.8 Å². The quantitative estimate of drug-likeness (QED) is 0.660. The molecule has 2 heteroatoms. The summed E-state index contributed by atoms with van der Waals surface area (Å²) in [5, 5.41) is 0. The highest BCUT2D eigenvalue weighted by atomic mass is 15.2. The third-order valence-corrected chi connectivity index (χ3v) is 6.00. The minimum atomic E-state index is 0.335. The van der Waals surface area contributed by atoms with E-state index in [1.807, 2.05) is 24.3 Å². The number of nitrogens with zero attached hydrogens (tertiary/aromatic N) is 1. The summed E-state index contributed by atoms with van der Waals surface area (Å²) in [6.07, 6.45) is 6.39. The van der Waals surface area contributed by atoms with Crippen molar-refractivity contribution in [1.29, 1.82) is 0 Å². The van der Waals surface area contributed by atoms with Crippen molar-refractivity contribution in [2.75, 3.05) is 18.8 Å². The Bertz CT molecular complexity index is 786. The van der Waals surface area contributed by atoms with E-state index in [1.165, 1.54) is 37.7 Å². The van der Waals surface area contributed by atoms with Crippen LogP contribution in [-0.2, 0) is 5.41 Å². The molecule has 2 N–H and O–H groups in total. The smallest absolute Gasteiger partial charge is 0.0607 e. The van der Waals surface area contributed by atoms with Crippen LogP contribution < -0.4 is 5.73 Å². The summed E-state index contributed by atoms with van der Waals surface area (Å²) in [7, 11) is 0. The Balaban J connectivity index is 1.47. The van der Waals surface area contributed by atoms with E-state index in [0.717, 1.165) is 24.3 Å². The summed E-state index contributed by atoms with van der Waals surface area (Å²) in [5.74, 6) is 6.70. The van der Waals surface area contributed by atoms with Gasteiger partial charge in [-0.3, -0.25) is 4.90 Å². The molecule has 2 aromatic rings. The predicted molar refractivity (Wildman–Crippen MR) is 104 cm³/mol. The Morgan fingerprint density at radius 3 is 2.80 bits per heavy atom. The van der Waals surface area contributed by atoms with Crippen LogP contribution in [0.25, 0.3) is 0 Å². The molecule has 1 saturated carbocycles. The van der Waals surface area contributed by atoms with Gasteiger partial charge >= 0.3 is 0 Å². The van der Waals surface area contributed by atoms with Gasteiger partial charge in [0.25, 0.3) is 0 Å². The van der Waals surface area contributed by atoms with Crippen LogP contribution >= 0.6 is 0 Å². The number of nitrogens with two attached hydrogens (primary N) is 1. The summed E-state index contributed by atoms with van der Waals surface area (Å²) < 4.78 is 0. The van der Waals surface area contributed by atoms with Gasteiger partial charge in [0.15, 0.2) is 0 Å². The molecule has 0 aromatic heterocycles. The molecule has 2 aromatic carbocycles. The van der Waals surface area contributed by atoms with Crippen molar-refractivity contribution >= 4 is 5.69 Å². The highest BCUT2D eigenvalue weighted by molar-refractivity contribution is 5.44. The molecule has 2 nitrogen and oxygen atoms in total. The number of nitrogen functional groups attached to an aromatic ring is 1. The van der Waals surface area contributed by atoms with E-state index >= 15 is 0 Å². The number of rotatable bonds is 2. The van der Waals surface area contributed by atoms with Crippen LogP contribution in [0.3, 0.4) is 0 Å². The molecule has 0 spiro atoms. The third-order valence-electron chi connectivity index (χ3n) is 6.00. The molecule has 2 fully saturated rings. The van der Waals surface area contributed by atoms with Gasteiger partial charge in [-0.25, -0.2) is 0 Å². The fraction of sp³-hybridized carbons (Fsp3) is 0.391. The standard InChI is InChI=1S/C23H26N2/c24-21-11-4-10-20(17-21)23-13-5-12-22(18-23)25(16-14-23)15-6-9-19-7-2-1-3-8-19/h1-4,7-8,10-11,17,22H,5,12-16,18,24H2. The van der Waals surface area contributed by atoms with Crippen LogP contribution in [0, 0.1) is 11.8 Å². The zero-order chi connectivity index (χ0) is 17.1. The monoisotopic (exact) mass is 330 g/mol. The van der Waals surface area contributed by atoms with Crippen LogP contribution in [0.1, 0.15) is 43.2 Å². The van der Waals surface area contributed by atoms with Crippen molar-refractivity contribution in [3.63, 3.8) is 0 Å². The summed E-state index contributed by atoms with van der Waals surface area (Å²) in [6, 6.07) is 19.5. The lowest BCUT2D eigenvalue weighted by molar-refractivity contribution is 0.0621. The maximum Gasteiger partial charge on any atom is 0.0607 e. The van der Waals surface area contributed by atoms with Crippen LogP contribution in [-0.4, -0.2) is 24.0 Å². The second-order valence-corrected chi connectivity index (χ2v) is 7.54. The Labute approximate surface area is 151 Å². The highest BCUT2D eigenvalue weighted by Crippen LogP contribution is 2.47. The molecule has 2 aliphatic rings. The third kappa shape index (κ3) is 3.43. The summed E-state index contributed by atoms with van der Waals surface area (Å²) in [5.41, 5.74) is 9.84. The molecular weight excluding hydrogens is 304 g/mol. The zero-order valence-electron chi connectivity index (χ0n) is 14.7. The molecule has 25 heavy (non-hydrogen) atoms. The van der Waals surface area contributed by atoms with Crippen LogP contribution in [0.4, 0.5) is 5.69 Å². The van der Waals surface area contributed by atoms with E-state index in [0.29, 0.717) is 11.5 Å². The maximum absolute atomic E-state index is 6.05. The van der Waals surface area contributed by atoms with Gasteiger partial charge in [-0.05, 0) is 60.9 Å². The second-order valence-electron chi connectivity index (χ2n) is 7.54. The first-order chi connectivity index (χ1) is 12.3. The van der Waals surface area contributed by atoms with Gasteiger partial charge in [0.2, 0.25) is 0 Å². The average molecular weight is 330 g/mol. The summed E-state index contributed by atoms with van der Waals surface area (Å²) in [4.78, 5) is 2.60. The molecule has 4 rings (SSSR count). The van der Waals surface area contributed by atoms with Gasteiger partial charge in [0.05, 0.1) is 6.54 Å². The van der Waals surface area contributed by atoms with Crippen molar-refractivity contribution in [3.05, 3.63) is 65.7 Å². The minimum Gasteiger partial charge on any atom is -0.399 e. The lowest BCUT2D eigenvalue weighted by Gasteiger charge is -2.50. The molecule has 2 bridgehead atoms. The number of fused-ring (bicyclic) bond motifs is 2. The van der Waals surface area contributed by atoms with Crippen molar-refractivity contribution < 1.29 is 0 Å². The number of likely N-dealkylation sites (tertiary alicyclic amines) is 1. The topological polar surface area (TPSA) is 29.3 Å². The molecule has 1 heterocycles. The lowest BCUT2D eigenvalue weighted by atomic mass is 9.63. The van der Waals surface area contributed by atoms with Crippen LogP contribution in [0.5, 0.6) is 0 Å². The lowest BCUT2D eigenvalue weighted by Crippen LogP contribution is -2.51. The molecule has 1 aliphatic carbocycles. The molecule has 128 valence electrons. The van der Waals surface area contributed by atoms with Crippen molar-refractivity contribution in [2.45, 2.75) is 43.6 Å². The Morgan fingerprint density at radius 1 is 1.08 bits per heavy atom. The van der Waals surface area contributed by atoms with Gasteiger partial charge in [-0.1, -0.05) is 48.6 Å². The number of hydrogen-bond acceptors (Lipinski definition) is 2. The average Bonchev–Trinajstić information content (AvgIpc) is 2.65. The minimum absolute atomic E-state index is 0.335. The van der Waals surface area contributed by atoms with Crippen molar-refractivity contribution in [1.82, 2.24) is 4.90 Å². The first-order valence-electron chi connectivity index (χ1n) is 9.39. The van der Waals surface area contributed by atoms with Crippen LogP contribution in [0.15, 0.2) is 54.6 Å². The summed E-state index contributed by atoms with van der Waals surface area (Å²) in [6.45, 7) is 2.02. The first-order valence-corrected chi connectivity index (χ1v) is 9.39. The molecule has 1 saturated heterocycles. The van der Waals surface area contributed by atoms with Crippen molar-refractivity contribution in [2.24, 2.45) is 0 Å². The van der Waals surface area contributed by atoms with Crippen molar-refractivity contribution in [3.8, 4) is 11.8 Å².